The molecule has 0 unspecified atom stereocenters. The molecule has 1 aromatic carbocycles. The van der Waals surface area contributed by atoms with Gasteiger partial charge in [-0.15, -0.1) is 11.3 Å². The molecule has 0 spiro atoms. The molecule has 0 bridgehead atoms. The van der Waals surface area contributed by atoms with Crippen LogP contribution in [-0.4, -0.2) is 30.6 Å². The van der Waals surface area contributed by atoms with Crippen LogP contribution in [0.5, 0.6) is 0 Å². The molecular weight excluding hydrogens is 351 g/mol. The van der Waals surface area contributed by atoms with Gasteiger partial charge in [-0.05, 0) is 34.2 Å². The van der Waals surface area contributed by atoms with E-state index in [0.717, 1.165) is 10.2 Å². The van der Waals surface area contributed by atoms with E-state index in [0.29, 0.717) is 10.8 Å². The number of thiazole rings is 1. The number of hydrogen-bond acceptors (Lipinski definition) is 7. The molecule has 3 rings (SSSR count). The number of aromatic nitrogens is 4. The molecule has 0 aliphatic rings. The van der Waals surface area contributed by atoms with Crippen LogP contribution < -0.4 is 5.32 Å². The summed E-state index contributed by atoms with van der Waals surface area (Å²) in [5.74, 6) is -1.08. The van der Waals surface area contributed by atoms with Gasteiger partial charge in [0.2, 0.25) is 11.7 Å². The number of nitro groups is 1. The van der Waals surface area contributed by atoms with E-state index in [4.69, 9.17) is 0 Å². The molecule has 0 saturated carbocycles. The molecule has 128 valence electrons. The van der Waals surface area contributed by atoms with Gasteiger partial charge in [-0.25, -0.2) is 9.37 Å². The van der Waals surface area contributed by atoms with Crippen molar-refractivity contribution in [1.29, 1.82) is 0 Å². The molecule has 0 aliphatic carbocycles. The maximum absolute atomic E-state index is 12.9. The zero-order valence-corrected chi connectivity index (χ0v) is 13.7. The van der Waals surface area contributed by atoms with Crippen molar-refractivity contribution >= 4 is 28.3 Å². The summed E-state index contributed by atoms with van der Waals surface area (Å²) in [6.45, 7) is 1.29. The Morgan fingerprint density at radius 1 is 1.36 bits per heavy atom. The third-order valence-corrected chi connectivity index (χ3v) is 3.95. The second-order valence-electron chi connectivity index (χ2n) is 4.97. The van der Waals surface area contributed by atoms with Gasteiger partial charge in [0.05, 0.1) is 5.69 Å². The molecular formula is C14H11FN6O3S. The number of halogens is 1. The van der Waals surface area contributed by atoms with Crippen LogP contribution in [-0.2, 0) is 11.3 Å². The van der Waals surface area contributed by atoms with E-state index < -0.39 is 16.8 Å². The van der Waals surface area contributed by atoms with Crippen molar-refractivity contribution in [2.45, 2.75) is 13.5 Å². The summed E-state index contributed by atoms with van der Waals surface area (Å²) < 4.78 is 14.1. The smallest absolute Gasteiger partial charge is 0.390 e. The predicted molar refractivity (Wildman–Crippen MR) is 87.6 cm³/mol. The highest BCUT2D eigenvalue weighted by Gasteiger charge is 2.20. The number of benzene rings is 1. The van der Waals surface area contributed by atoms with E-state index in [9.17, 15) is 19.3 Å². The predicted octanol–water partition coefficient (Wildman–Crippen LogP) is 2.40. The van der Waals surface area contributed by atoms with Gasteiger partial charge >= 0.3 is 5.95 Å². The molecule has 0 radical (unpaired) electrons. The lowest BCUT2D eigenvalue weighted by Crippen LogP contribution is -2.20. The molecule has 1 amide bonds. The van der Waals surface area contributed by atoms with E-state index in [2.05, 4.69) is 20.4 Å². The number of rotatable bonds is 5. The number of nitrogens with zero attached hydrogens (tertiary/aromatic N) is 5. The average Bonchev–Trinajstić information content (AvgIpc) is 3.16. The molecule has 11 heteroatoms. The van der Waals surface area contributed by atoms with Crippen LogP contribution in [0.3, 0.4) is 0 Å². The van der Waals surface area contributed by atoms with E-state index >= 15 is 0 Å². The van der Waals surface area contributed by atoms with Gasteiger partial charge in [-0.3, -0.25) is 4.79 Å². The van der Waals surface area contributed by atoms with Crippen molar-refractivity contribution in [3.05, 3.63) is 51.4 Å². The topological polar surface area (TPSA) is 116 Å². The second-order valence-corrected chi connectivity index (χ2v) is 5.82. The number of nitrogens with one attached hydrogen (secondary N) is 1. The van der Waals surface area contributed by atoms with Crippen LogP contribution >= 0.6 is 11.3 Å². The van der Waals surface area contributed by atoms with E-state index in [1.54, 1.807) is 17.5 Å². The van der Waals surface area contributed by atoms with Crippen LogP contribution in [0.4, 0.5) is 15.5 Å². The van der Waals surface area contributed by atoms with E-state index in [-0.39, 0.29) is 18.2 Å². The summed E-state index contributed by atoms with van der Waals surface area (Å²) in [4.78, 5) is 29.9. The Balaban J connectivity index is 1.67. The summed E-state index contributed by atoms with van der Waals surface area (Å²) in [6.07, 6.45) is 0. The summed E-state index contributed by atoms with van der Waals surface area (Å²) in [5.41, 5.74) is 1.33. The van der Waals surface area contributed by atoms with Crippen LogP contribution in [0.25, 0.3) is 11.3 Å². The van der Waals surface area contributed by atoms with Crippen molar-refractivity contribution in [3.8, 4) is 11.3 Å². The molecule has 0 saturated heterocycles. The first-order valence-electron chi connectivity index (χ1n) is 6.99. The fourth-order valence-electron chi connectivity index (χ4n) is 2.01. The molecule has 25 heavy (non-hydrogen) atoms. The molecule has 2 aromatic heterocycles. The highest BCUT2D eigenvalue weighted by molar-refractivity contribution is 7.14. The minimum absolute atomic E-state index is 0.224. The monoisotopic (exact) mass is 362 g/mol. The van der Waals surface area contributed by atoms with Gasteiger partial charge in [0.15, 0.2) is 5.13 Å². The average molecular weight is 362 g/mol. The maximum atomic E-state index is 12.9. The first kappa shape index (κ1) is 16.6. The van der Waals surface area contributed by atoms with Gasteiger partial charge in [0, 0.05) is 23.0 Å². The van der Waals surface area contributed by atoms with Crippen LogP contribution in [0.2, 0.25) is 0 Å². The number of amides is 1. The SMILES string of the molecule is Cc1nc([N+](=O)[O-])nn1CC(=O)Nc1nc(-c2ccc(F)cc2)cs1. The lowest BCUT2D eigenvalue weighted by Gasteiger charge is -2.00. The van der Waals surface area contributed by atoms with E-state index in [1.807, 2.05) is 0 Å². The quantitative estimate of drug-likeness (QED) is 0.550. The third-order valence-electron chi connectivity index (χ3n) is 3.19. The largest absolute Gasteiger partial charge is 0.491 e. The highest BCUT2D eigenvalue weighted by Crippen LogP contribution is 2.25. The number of aryl methyl sites for hydroxylation is 1. The zero-order chi connectivity index (χ0) is 18.0. The Labute approximate surface area is 144 Å². The zero-order valence-electron chi connectivity index (χ0n) is 12.8. The summed E-state index contributed by atoms with van der Waals surface area (Å²) in [5, 5.41) is 19.0. The minimum atomic E-state index is -0.725. The fraction of sp³-hybridized carbons (Fsp3) is 0.143. The van der Waals surface area contributed by atoms with Gasteiger partial charge < -0.3 is 15.4 Å². The summed E-state index contributed by atoms with van der Waals surface area (Å²) in [6, 6.07) is 5.84. The number of hydrogen-bond donors (Lipinski definition) is 1. The molecule has 2 heterocycles. The molecule has 9 nitrogen and oxygen atoms in total. The van der Waals surface area contributed by atoms with Crippen molar-refractivity contribution in [2.24, 2.45) is 0 Å². The first-order chi connectivity index (χ1) is 11.9. The minimum Gasteiger partial charge on any atom is -0.390 e. The maximum Gasteiger partial charge on any atom is 0.491 e. The number of anilines is 1. The van der Waals surface area contributed by atoms with E-state index in [1.165, 1.54) is 30.4 Å². The number of carbonyl (C=O) groups excluding carboxylic acids is 1. The Kier molecular flexibility index (Phi) is 4.48. The van der Waals surface area contributed by atoms with Gasteiger partial charge in [0.25, 0.3) is 0 Å². The van der Waals surface area contributed by atoms with Crippen molar-refractivity contribution < 1.29 is 14.1 Å². The Hall–Kier alpha value is -3.21. The van der Waals surface area contributed by atoms with Crippen molar-refractivity contribution in [3.63, 3.8) is 0 Å². The van der Waals surface area contributed by atoms with Crippen molar-refractivity contribution in [2.75, 3.05) is 5.32 Å². The second kappa shape index (κ2) is 6.73. The molecule has 0 atom stereocenters. The Morgan fingerprint density at radius 3 is 2.72 bits per heavy atom. The lowest BCUT2D eigenvalue weighted by molar-refractivity contribution is -0.394. The summed E-state index contributed by atoms with van der Waals surface area (Å²) >= 11 is 1.21. The van der Waals surface area contributed by atoms with Crippen LogP contribution in [0.1, 0.15) is 5.82 Å². The molecule has 3 aromatic rings. The number of carbonyl (C=O) groups is 1. The third kappa shape index (κ3) is 3.83. The van der Waals surface area contributed by atoms with Crippen molar-refractivity contribution in [1.82, 2.24) is 19.7 Å². The van der Waals surface area contributed by atoms with Gasteiger partial charge in [0.1, 0.15) is 12.4 Å². The normalized spacial score (nSPS) is 10.6. The first-order valence-corrected chi connectivity index (χ1v) is 7.87. The van der Waals surface area contributed by atoms with Crippen LogP contribution in [0, 0.1) is 22.9 Å². The molecule has 0 fully saturated rings. The standard InChI is InChI=1S/C14H11FN6O3S/c1-8-16-13(21(23)24)19-20(8)6-12(22)18-14-17-11(7-25-14)9-2-4-10(15)5-3-9/h2-5,7H,6H2,1H3,(H,17,18,22). The van der Waals surface area contributed by atoms with Gasteiger partial charge in [-0.1, -0.05) is 0 Å². The Bertz CT molecular complexity index is 936. The molecule has 1 N–H and O–H groups in total. The Morgan fingerprint density at radius 2 is 2.08 bits per heavy atom. The highest BCUT2D eigenvalue weighted by atomic mass is 32.1. The fourth-order valence-corrected chi connectivity index (χ4v) is 2.75. The molecule has 0 aliphatic heterocycles. The van der Waals surface area contributed by atoms with Gasteiger partial charge in [-0.2, -0.15) is 4.68 Å². The van der Waals surface area contributed by atoms with Crippen LogP contribution in [0.15, 0.2) is 29.6 Å². The summed E-state index contributed by atoms with van der Waals surface area (Å²) in [7, 11) is 0. The lowest BCUT2D eigenvalue weighted by atomic mass is 10.2.